The molecule has 16 heavy (non-hydrogen) atoms. The minimum absolute atomic E-state index is 0.0407. The first kappa shape index (κ1) is 12.2. The summed E-state index contributed by atoms with van der Waals surface area (Å²) in [6.07, 6.45) is 1.53. The summed E-state index contributed by atoms with van der Waals surface area (Å²) in [7, 11) is 0. The number of anilines is 1. The van der Waals surface area contributed by atoms with Gasteiger partial charge in [-0.25, -0.2) is 4.98 Å². The highest BCUT2D eigenvalue weighted by Crippen LogP contribution is 2.23. The molecule has 0 spiro atoms. The maximum absolute atomic E-state index is 11.7. The lowest BCUT2D eigenvalue weighted by Gasteiger charge is -2.10. The van der Waals surface area contributed by atoms with Crippen LogP contribution in [0.25, 0.3) is 0 Å². The minimum atomic E-state index is -0.126. The number of hydrogen-bond donors (Lipinski definition) is 2. The van der Waals surface area contributed by atoms with E-state index in [2.05, 4.69) is 31.5 Å². The fraction of sp³-hybridized carbons (Fsp3) is 0.333. The number of hydrogen-bond acceptors (Lipinski definition) is 4. The van der Waals surface area contributed by atoms with Crippen molar-refractivity contribution in [3.8, 4) is 0 Å². The number of nitrogens with zero attached hydrogens (tertiary/aromatic N) is 1. The van der Waals surface area contributed by atoms with Crippen molar-refractivity contribution in [3.05, 3.63) is 21.9 Å². The van der Waals surface area contributed by atoms with Crippen LogP contribution in [0.1, 0.15) is 0 Å². The third kappa shape index (κ3) is 2.88. The number of rotatable bonds is 2. The van der Waals surface area contributed by atoms with E-state index in [4.69, 9.17) is 11.6 Å². The Kier molecular flexibility index (Phi) is 4.07. The van der Waals surface area contributed by atoms with E-state index >= 15 is 0 Å². The van der Waals surface area contributed by atoms with Gasteiger partial charge in [0, 0.05) is 11.6 Å². The Morgan fingerprint density at radius 1 is 1.75 bits per heavy atom. The molecule has 1 aromatic rings. The van der Waals surface area contributed by atoms with Crippen molar-refractivity contribution in [2.24, 2.45) is 0 Å². The van der Waals surface area contributed by atoms with E-state index in [1.165, 1.54) is 6.20 Å². The molecule has 0 aromatic carbocycles. The van der Waals surface area contributed by atoms with Gasteiger partial charge in [0.2, 0.25) is 5.91 Å². The van der Waals surface area contributed by atoms with Crippen LogP contribution in [-0.2, 0) is 4.79 Å². The first-order valence-electron chi connectivity index (χ1n) is 4.60. The Hall–Kier alpha value is -0.300. The molecule has 1 amide bonds. The summed E-state index contributed by atoms with van der Waals surface area (Å²) in [5.74, 6) is 1.58. The number of thioether (sulfide) groups is 1. The number of pyridine rings is 1. The van der Waals surface area contributed by atoms with Gasteiger partial charge < -0.3 is 5.32 Å². The number of halogens is 2. The molecule has 1 unspecified atom stereocenters. The molecule has 2 rings (SSSR count). The summed E-state index contributed by atoms with van der Waals surface area (Å²) in [5, 5.41) is 6.26. The van der Waals surface area contributed by atoms with Crippen LogP contribution in [0.15, 0.2) is 16.7 Å². The zero-order valence-electron chi connectivity index (χ0n) is 8.17. The number of aromatic nitrogens is 1. The maximum Gasteiger partial charge on any atom is 0.242 e. The molecule has 0 bridgehead atoms. The molecule has 2 N–H and O–H groups in total. The predicted molar refractivity (Wildman–Crippen MR) is 69.8 cm³/mol. The van der Waals surface area contributed by atoms with Crippen molar-refractivity contribution >= 4 is 50.9 Å². The van der Waals surface area contributed by atoms with Gasteiger partial charge in [-0.3, -0.25) is 10.1 Å². The third-order valence-electron chi connectivity index (χ3n) is 2.10. The van der Waals surface area contributed by atoms with Crippen molar-refractivity contribution in [2.75, 3.05) is 16.9 Å². The Morgan fingerprint density at radius 2 is 2.56 bits per heavy atom. The van der Waals surface area contributed by atoms with E-state index in [1.54, 1.807) is 17.8 Å². The van der Waals surface area contributed by atoms with Crippen LogP contribution < -0.4 is 10.6 Å². The van der Waals surface area contributed by atoms with Crippen molar-refractivity contribution in [1.82, 2.24) is 10.3 Å². The number of carbonyl (C=O) groups excluding carboxylic acids is 1. The van der Waals surface area contributed by atoms with Gasteiger partial charge in [-0.15, -0.1) is 11.8 Å². The first-order valence-corrected chi connectivity index (χ1v) is 6.92. The molecular formula is C9H9BrClN3OS. The highest BCUT2D eigenvalue weighted by molar-refractivity contribution is 9.10. The lowest BCUT2D eigenvalue weighted by Crippen LogP contribution is -2.37. The Labute approximate surface area is 111 Å². The van der Waals surface area contributed by atoms with Gasteiger partial charge in [0.1, 0.15) is 5.15 Å². The topological polar surface area (TPSA) is 54.0 Å². The SMILES string of the molecule is O=C(Nc1cnc(Cl)c(Br)c1)C1CSCN1. The maximum atomic E-state index is 11.7. The summed E-state index contributed by atoms with van der Waals surface area (Å²) in [5.41, 5.74) is 0.639. The molecule has 1 aliphatic rings. The van der Waals surface area contributed by atoms with E-state index in [1.807, 2.05) is 0 Å². The fourth-order valence-corrected chi connectivity index (χ4v) is 2.68. The van der Waals surface area contributed by atoms with Gasteiger partial charge in [-0.2, -0.15) is 0 Å². The second kappa shape index (κ2) is 5.35. The number of nitrogens with one attached hydrogen (secondary N) is 2. The lowest BCUT2D eigenvalue weighted by atomic mass is 10.3. The van der Waals surface area contributed by atoms with Crippen molar-refractivity contribution in [2.45, 2.75) is 6.04 Å². The quantitative estimate of drug-likeness (QED) is 0.819. The van der Waals surface area contributed by atoms with E-state index in [-0.39, 0.29) is 11.9 Å². The number of amides is 1. The summed E-state index contributed by atoms with van der Waals surface area (Å²) in [6.45, 7) is 0. The van der Waals surface area contributed by atoms with E-state index in [0.717, 1.165) is 11.6 Å². The molecule has 86 valence electrons. The molecule has 0 radical (unpaired) electrons. The highest BCUT2D eigenvalue weighted by Gasteiger charge is 2.22. The van der Waals surface area contributed by atoms with Crippen molar-refractivity contribution in [3.63, 3.8) is 0 Å². The summed E-state index contributed by atoms with van der Waals surface area (Å²) in [6, 6.07) is 1.61. The average Bonchev–Trinajstić information content (AvgIpc) is 2.77. The van der Waals surface area contributed by atoms with Gasteiger partial charge in [0.15, 0.2) is 0 Å². The Balaban J connectivity index is 2.02. The highest BCUT2D eigenvalue weighted by atomic mass is 79.9. The molecule has 1 atom stereocenters. The van der Waals surface area contributed by atoms with Gasteiger partial charge in [-0.05, 0) is 22.0 Å². The van der Waals surface area contributed by atoms with Gasteiger partial charge in [0.25, 0.3) is 0 Å². The van der Waals surface area contributed by atoms with Crippen LogP contribution in [0.3, 0.4) is 0 Å². The molecule has 1 saturated heterocycles. The summed E-state index contributed by atoms with van der Waals surface area (Å²) in [4.78, 5) is 15.7. The van der Waals surface area contributed by atoms with Crippen LogP contribution in [0, 0.1) is 0 Å². The third-order valence-corrected chi connectivity index (χ3v) is 4.17. The Bertz CT molecular complexity index is 412. The van der Waals surface area contributed by atoms with Gasteiger partial charge in [-0.1, -0.05) is 11.6 Å². The van der Waals surface area contributed by atoms with Crippen LogP contribution >= 0.6 is 39.3 Å². The fourth-order valence-electron chi connectivity index (χ4n) is 1.28. The zero-order chi connectivity index (χ0) is 11.5. The van der Waals surface area contributed by atoms with Crippen LogP contribution in [0.5, 0.6) is 0 Å². The largest absolute Gasteiger partial charge is 0.323 e. The first-order chi connectivity index (χ1) is 7.66. The van der Waals surface area contributed by atoms with Gasteiger partial charge >= 0.3 is 0 Å². The minimum Gasteiger partial charge on any atom is -0.323 e. The van der Waals surface area contributed by atoms with Crippen LogP contribution in [-0.4, -0.2) is 28.6 Å². The monoisotopic (exact) mass is 321 g/mol. The van der Waals surface area contributed by atoms with E-state index < -0.39 is 0 Å². The number of carbonyl (C=O) groups is 1. The van der Waals surface area contributed by atoms with E-state index in [0.29, 0.717) is 15.3 Å². The molecule has 0 aliphatic carbocycles. The normalized spacial score (nSPS) is 19.8. The summed E-state index contributed by atoms with van der Waals surface area (Å²) >= 11 is 10.7. The lowest BCUT2D eigenvalue weighted by molar-refractivity contribution is -0.117. The molecule has 4 nitrogen and oxygen atoms in total. The van der Waals surface area contributed by atoms with Gasteiger partial charge in [0.05, 0.1) is 22.4 Å². The average molecular weight is 323 g/mol. The van der Waals surface area contributed by atoms with Crippen LogP contribution in [0.4, 0.5) is 5.69 Å². The smallest absolute Gasteiger partial charge is 0.242 e. The van der Waals surface area contributed by atoms with Crippen molar-refractivity contribution in [1.29, 1.82) is 0 Å². The molecular weight excluding hydrogens is 314 g/mol. The molecule has 1 aliphatic heterocycles. The molecule has 1 aromatic heterocycles. The second-order valence-corrected chi connectivity index (χ2v) is 5.50. The molecule has 1 fully saturated rings. The molecule has 7 heteroatoms. The molecule has 2 heterocycles. The van der Waals surface area contributed by atoms with E-state index in [9.17, 15) is 4.79 Å². The standard InChI is InChI=1S/C9H9BrClN3OS/c10-6-1-5(2-12-8(6)11)14-9(15)7-3-16-4-13-7/h1-2,7,13H,3-4H2,(H,14,15). The second-order valence-electron chi connectivity index (χ2n) is 3.26. The zero-order valence-corrected chi connectivity index (χ0v) is 11.3. The summed E-state index contributed by atoms with van der Waals surface area (Å²) < 4.78 is 0.667. The van der Waals surface area contributed by atoms with Crippen LogP contribution in [0.2, 0.25) is 5.15 Å². The molecule has 0 saturated carbocycles. The van der Waals surface area contributed by atoms with Crippen molar-refractivity contribution < 1.29 is 4.79 Å². The Morgan fingerprint density at radius 3 is 3.19 bits per heavy atom. The predicted octanol–water partition coefficient (Wildman–Crippen LogP) is 2.10.